The predicted octanol–water partition coefficient (Wildman–Crippen LogP) is 5.63. The minimum absolute atomic E-state index is 0.382. The molecule has 3 heteroatoms. The predicted molar refractivity (Wildman–Crippen MR) is 143 cm³/mol. The smallest absolute Gasteiger partial charge is 0.0283 e. The van der Waals surface area contributed by atoms with Gasteiger partial charge in [-0.3, -0.25) is 4.67 Å². The lowest BCUT2D eigenvalue weighted by Gasteiger charge is -2.35. The Bertz CT molecular complexity index is 1010. The van der Waals surface area contributed by atoms with E-state index in [1.54, 1.807) is 0 Å². The third kappa shape index (κ3) is 4.87. The second-order valence-corrected chi connectivity index (χ2v) is 12.6. The Labute approximate surface area is 194 Å². The van der Waals surface area contributed by atoms with Gasteiger partial charge in [0.05, 0.1) is 0 Å². The molecule has 1 aliphatic rings. The first-order valence-electron chi connectivity index (χ1n) is 11.4. The van der Waals surface area contributed by atoms with Gasteiger partial charge in [-0.05, 0) is 48.1 Å². The molecule has 0 N–H and O–H groups in total. The summed E-state index contributed by atoms with van der Waals surface area (Å²) in [4.78, 5) is 0. The standard InChI is InChI=1S/C29H29NP2/c1-5-15-26(16-6-1)31(27-17-7-2-8-18-27)24-25-14-13-23-30(25)32(28-19-9-3-10-20-28)29-21-11-4-12-22-29/h1-12,15-22,25H,13-14,23-24H2/t25-/m1/s1. The van der Waals surface area contributed by atoms with E-state index in [0.29, 0.717) is 6.04 Å². The van der Waals surface area contributed by atoms with E-state index < -0.39 is 8.07 Å². The molecule has 32 heavy (non-hydrogen) atoms. The fourth-order valence-electron chi connectivity index (χ4n) is 4.64. The number of hydrogen-bond donors (Lipinski definition) is 0. The number of hydrogen-bond acceptors (Lipinski definition) is 1. The second kappa shape index (κ2) is 10.5. The van der Waals surface area contributed by atoms with Crippen LogP contribution in [-0.4, -0.2) is 23.4 Å². The van der Waals surface area contributed by atoms with Crippen LogP contribution >= 0.6 is 16.0 Å². The van der Waals surface area contributed by atoms with Crippen LogP contribution in [0.1, 0.15) is 12.8 Å². The lowest BCUT2D eigenvalue weighted by molar-refractivity contribution is 0.463. The molecule has 0 radical (unpaired) electrons. The summed E-state index contributed by atoms with van der Waals surface area (Å²) in [6.45, 7) is 1.19. The minimum Gasteiger partial charge on any atom is -0.271 e. The van der Waals surface area contributed by atoms with Crippen molar-refractivity contribution >= 4 is 37.2 Å². The summed E-state index contributed by atoms with van der Waals surface area (Å²) < 4.78 is 2.85. The molecule has 0 aliphatic carbocycles. The molecule has 0 bridgehead atoms. The topological polar surface area (TPSA) is 3.24 Å². The Hall–Kier alpha value is -2.30. The first-order chi connectivity index (χ1) is 15.9. The Morgan fingerprint density at radius 3 is 1.41 bits per heavy atom. The van der Waals surface area contributed by atoms with Crippen molar-refractivity contribution in [1.82, 2.24) is 4.67 Å². The van der Waals surface area contributed by atoms with Gasteiger partial charge in [0.1, 0.15) is 0 Å². The highest BCUT2D eigenvalue weighted by Gasteiger charge is 2.34. The van der Waals surface area contributed by atoms with E-state index in [-0.39, 0.29) is 7.92 Å². The molecule has 1 aliphatic heterocycles. The van der Waals surface area contributed by atoms with Crippen molar-refractivity contribution in [1.29, 1.82) is 0 Å². The number of nitrogens with zero attached hydrogens (tertiary/aromatic N) is 1. The van der Waals surface area contributed by atoms with Gasteiger partial charge in [-0.25, -0.2) is 0 Å². The van der Waals surface area contributed by atoms with Gasteiger partial charge >= 0.3 is 0 Å². The summed E-state index contributed by atoms with van der Waals surface area (Å²) in [6.07, 6.45) is 3.80. The lowest BCUT2D eigenvalue weighted by Crippen LogP contribution is -2.35. The first kappa shape index (κ1) is 21.5. The highest BCUT2D eigenvalue weighted by Crippen LogP contribution is 2.47. The summed E-state index contributed by atoms with van der Waals surface area (Å²) in [5.74, 6) is 0. The molecule has 0 saturated carbocycles. The highest BCUT2D eigenvalue weighted by atomic mass is 31.1. The van der Waals surface area contributed by atoms with Gasteiger partial charge < -0.3 is 0 Å². The van der Waals surface area contributed by atoms with Gasteiger partial charge in [0, 0.05) is 20.7 Å². The van der Waals surface area contributed by atoms with Crippen LogP contribution in [0.3, 0.4) is 0 Å². The maximum Gasteiger partial charge on any atom is 0.0283 e. The van der Waals surface area contributed by atoms with E-state index in [2.05, 4.69) is 126 Å². The normalized spacial score (nSPS) is 16.6. The molecule has 1 heterocycles. The van der Waals surface area contributed by atoms with Crippen molar-refractivity contribution in [3.05, 3.63) is 121 Å². The molecule has 0 unspecified atom stereocenters. The molecular weight excluding hydrogens is 424 g/mol. The molecule has 4 aromatic carbocycles. The Balaban J connectivity index is 1.49. The zero-order chi connectivity index (χ0) is 21.6. The van der Waals surface area contributed by atoms with Crippen molar-refractivity contribution in [2.45, 2.75) is 18.9 Å². The van der Waals surface area contributed by atoms with Crippen molar-refractivity contribution < 1.29 is 0 Å². The molecule has 1 saturated heterocycles. The van der Waals surface area contributed by atoms with E-state index in [4.69, 9.17) is 0 Å². The van der Waals surface area contributed by atoms with Gasteiger partial charge in [0.15, 0.2) is 0 Å². The van der Waals surface area contributed by atoms with Crippen LogP contribution in [0.2, 0.25) is 0 Å². The van der Waals surface area contributed by atoms with Gasteiger partial charge in [-0.2, -0.15) is 0 Å². The Morgan fingerprint density at radius 1 is 0.562 bits per heavy atom. The van der Waals surface area contributed by atoms with Crippen LogP contribution in [-0.2, 0) is 0 Å². The second-order valence-electron chi connectivity index (χ2n) is 8.22. The first-order valence-corrected chi connectivity index (χ1v) is 14.3. The van der Waals surface area contributed by atoms with E-state index in [1.807, 2.05) is 0 Å². The number of benzene rings is 4. The average Bonchev–Trinajstić information content (AvgIpc) is 3.33. The molecule has 1 fully saturated rings. The molecule has 0 amide bonds. The summed E-state index contributed by atoms with van der Waals surface area (Å²) in [5, 5.41) is 5.90. The van der Waals surface area contributed by atoms with Gasteiger partial charge in [-0.1, -0.05) is 121 Å². The molecule has 160 valence electrons. The zero-order valence-electron chi connectivity index (χ0n) is 18.3. The van der Waals surface area contributed by atoms with Crippen molar-refractivity contribution in [3.8, 4) is 0 Å². The summed E-state index contributed by atoms with van der Waals surface area (Å²) in [5.41, 5.74) is 0. The maximum atomic E-state index is 2.85. The van der Waals surface area contributed by atoms with Crippen LogP contribution in [0, 0.1) is 0 Å². The van der Waals surface area contributed by atoms with Crippen LogP contribution in [0.15, 0.2) is 121 Å². The monoisotopic (exact) mass is 453 g/mol. The van der Waals surface area contributed by atoms with Crippen LogP contribution in [0.25, 0.3) is 0 Å². The molecule has 5 rings (SSSR count). The van der Waals surface area contributed by atoms with Crippen LogP contribution in [0.5, 0.6) is 0 Å². The van der Waals surface area contributed by atoms with E-state index in [0.717, 1.165) is 0 Å². The molecule has 1 atom stereocenters. The van der Waals surface area contributed by atoms with Crippen molar-refractivity contribution in [2.24, 2.45) is 0 Å². The average molecular weight is 454 g/mol. The molecule has 4 aromatic rings. The Kier molecular flexibility index (Phi) is 7.10. The largest absolute Gasteiger partial charge is 0.271 e. The molecule has 0 aromatic heterocycles. The Morgan fingerprint density at radius 2 is 0.969 bits per heavy atom. The van der Waals surface area contributed by atoms with E-state index in [9.17, 15) is 0 Å². The highest BCUT2D eigenvalue weighted by molar-refractivity contribution is 7.73. The minimum atomic E-state index is -0.516. The molecule has 0 spiro atoms. The third-order valence-corrected chi connectivity index (χ3v) is 11.4. The van der Waals surface area contributed by atoms with Gasteiger partial charge in [0.25, 0.3) is 0 Å². The quantitative estimate of drug-likeness (QED) is 0.328. The number of rotatable bonds is 7. The summed E-state index contributed by atoms with van der Waals surface area (Å²) >= 11 is 0. The van der Waals surface area contributed by atoms with Gasteiger partial charge in [0.2, 0.25) is 0 Å². The maximum absolute atomic E-state index is 2.85. The summed E-state index contributed by atoms with van der Waals surface area (Å²) in [6, 6.07) is 45.3. The van der Waals surface area contributed by atoms with Crippen molar-refractivity contribution in [3.63, 3.8) is 0 Å². The van der Waals surface area contributed by atoms with Crippen LogP contribution in [0.4, 0.5) is 0 Å². The molecule has 1 nitrogen and oxygen atoms in total. The fraction of sp³-hybridized carbons (Fsp3) is 0.172. The summed E-state index contributed by atoms with van der Waals surface area (Å²) in [7, 11) is -0.898. The fourth-order valence-corrected chi connectivity index (χ4v) is 10.0. The zero-order valence-corrected chi connectivity index (χ0v) is 20.1. The van der Waals surface area contributed by atoms with E-state index in [1.165, 1.54) is 46.8 Å². The third-order valence-electron chi connectivity index (χ3n) is 6.13. The molecular formula is C29H29NP2. The van der Waals surface area contributed by atoms with E-state index >= 15 is 0 Å². The van der Waals surface area contributed by atoms with Crippen LogP contribution < -0.4 is 21.2 Å². The van der Waals surface area contributed by atoms with Crippen molar-refractivity contribution in [2.75, 3.05) is 12.7 Å². The van der Waals surface area contributed by atoms with Gasteiger partial charge in [-0.15, -0.1) is 0 Å². The lowest BCUT2D eigenvalue weighted by atomic mass is 10.3. The SMILES string of the molecule is c1ccc(P(C[C@H]2CCCN2P(c2ccccc2)c2ccccc2)c2ccccc2)cc1.